The normalized spacial score (nSPS) is 15.5. The van der Waals surface area contributed by atoms with Crippen LogP contribution in [-0.2, 0) is 6.18 Å². The third kappa shape index (κ3) is 3.10. The molecule has 1 N–H and O–H groups in total. The molecular formula is C16H10ClF3N2O3. The van der Waals surface area contributed by atoms with Crippen LogP contribution < -0.4 is 0 Å². The van der Waals surface area contributed by atoms with Crippen LogP contribution in [0.3, 0.4) is 0 Å². The molecule has 0 spiro atoms. The van der Waals surface area contributed by atoms with Crippen LogP contribution in [0.1, 0.15) is 38.1 Å². The van der Waals surface area contributed by atoms with Crippen LogP contribution in [0.5, 0.6) is 0 Å². The number of hydrogen-bond acceptors (Lipinski definition) is 4. The van der Waals surface area contributed by atoms with Crippen LogP contribution >= 0.6 is 11.6 Å². The average Bonchev–Trinajstić information content (AvgIpc) is 2.79. The molecule has 2 amide bonds. The van der Waals surface area contributed by atoms with Crippen molar-refractivity contribution in [2.75, 3.05) is 6.54 Å². The van der Waals surface area contributed by atoms with Crippen molar-refractivity contribution < 1.29 is 27.9 Å². The van der Waals surface area contributed by atoms with E-state index < -0.39 is 41.2 Å². The van der Waals surface area contributed by atoms with Gasteiger partial charge in [0, 0.05) is 6.20 Å². The van der Waals surface area contributed by atoms with Gasteiger partial charge in [-0.25, -0.2) is 0 Å². The Labute approximate surface area is 144 Å². The fourth-order valence-electron chi connectivity index (χ4n) is 2.51. The maximum Gasteiger partial charge on any atom is 0.417 e. The highest BCUT2D eigenvalue weighted by molar-refractivity contribution is 6.31. The molecule has 2 heterocycles. The second-order valence-electron chi connectivity index (χ2n) is 5.37. The number of rotatable bonds is 3. The number of alkyl halides is 3. The highest BCUT2D eigenvalue weighted by Gasteiger charge is 2.37. The van der Waals surface area contributed by atoms with Crippen molar-refractivity contribution in [3.05, 3.63) is 63.9 Å². The molecule has 0 radical (unpaired) electrons. The van der Waals surface area contributed by atoms with E-state index in [1.165, 1.54) is 12.1 Å². The number of carbonyl (C=O) groups is 2. The molecule has 0 saturated carbocycles. The standard InChI is InChI=1S/C16H10ClF3N2O3/c17-11-5-8(16(18,19)20)6-21-13(11)12(23)7-22-14(24)9-3-1-2-4-10(9)15(22)25/h1-6,12,23H,7H2. The maximum absolute atomic E-state index is 12.6. The summed E-state index contributed by atoms with van der Waals surface area (Å²) in [4.78, 5) is 28.8. The lowest BCUT2D eigenvalue weighted by atomic mass is 10.1. The number of aromatic nitrogens is 1. The number of aliphatic hydroxyl groups is 1. The number of pyridine rings is 1. The largest absolute Gasteiger partial charge is 0.417 e. The molecule has 130 valence electrons. The first kappa shape index (κ1) is 17.4. The van der Waals surface area contributed by atoms with Crippen molar-refractivity contribution in [2.24, 2.45) is 0 Å². The molecule has 1 aromatic heterocycles. The van der Waals surface area contributed by atoms with Gasteiger partial charge in [0.05, 0.1) is 34.0 Å². The molecule has 2 aromatic rings. The summed E-state index contributed by atoms with van der Waals surface area (Å²) in [6.07, 6.45) is -5.60. The van der Waals surface area contributed by atoms with Crippen molar-refractivity contribution in [1.29, 1.82) is 0 Å². The number of amides is 2. The molecule has 0 fully saturated rings. The number of β-amino-alcohol motifs (C(OH)–C–C–N with tert-alkyl or cyclic N) is 1. The molecule has 1 aliphatic heterocycles. The molecule has 3 rings (SSSR count). The quantitative estimate of drug-likeness (QED) is 0.843. The third-order valence-electron chi connectivity index (χ3n) is 3.75. The summed E-state index contributed by atoms with van der Waals surface area (Å²) in [5, 5.41) is 9.79. The SMILES string of the molecule is O=C1c2ccccc2C(=O)N1CC(O)c1ncc(C(F)(F)F)cc1Cl. The molecule has 5 nitrogen and oxygen atoms in total. The fourth-order valence-corrected chi connectivity index (χ4v) is 2.81. The molecule has 25 heavy (non-hydrogen) atoms. The van der Waals surface area contributed by atoms with E-state index in [4.69, 9.17) is 11.6 Å². The molecule has 0 saturated heterocycles. The topological polar surface area (TPSA) is 70.5 Å². The third-order valence-corrected chi connectivity index (χ3v) is 4.05. The molecular weight excluding hydrogens is 361 g/mol. The first-order chi connectivity index (χ1) is 11.7. The second kappa shape index (κ2) is 6.12. The van der Waals surface area contributed by atoms with E-state index in [0.717, 1.165) is 4.90 Å². The number of fused-ring (bicyclic) bond motifs is 1. The molecule has 1 unspecified atom stereocenters. The zero-order valence-electron chi connectivity index (χ0n) is 12.4. The number of carbonyl (C=O) groups excluding carboxylic acids is 2. The Morgan fingerprint density at radius 1 is 1.16 bits per heavy atom. The Morgan fingerprint density at radius 2 is 1.72 bits per heavy atom. The first-order valence-electron chi connectivity index (χ1n) is 7.06. The van der Waals surface area contributed by atoms with Crippen molar-refractivity contribution in [1.82, 2.24) is 9.88 Å². The number of imide groups is 1. The van der Waals surface area contributed by atoms with E-state index in [1.54, 1.807) is 12.1 Å². The van der Waals surface area contributed by atoms with Gasteiger partial charge < -0.3 is 5.11 Å². The van der Waals surface area contributed by atoms with Crippen LogP contribution in [0, 0.1) is 0 Å². The summed E-state index contributed by atoms with van der Waals surface area (Å²) in [6.45, 7) is -0.468. The molecule has 1 aliphatic rings. The molecule has 0 aliphatic carbocycles. The van der Waals surface area contributed by atoms with Crippen molar-refractivity contribution in [3.8, 4) is 0 Å². The summed E-state index contributed by atoms with van der Waals surface area (Å²) in [6, 6.07) is 6.78. The summed E-state index contributed by atoms with van der Waals surface area (Å²) in [7, 11) is 0. The molecule has 1 aromatic carbocycles. The first-order valence-corrected chi connectivity index (χ1v) is 7.44. The zero-order valence-corrected chi connectivity index (χ0v) is 13.2. The lowest BCUT2D eigenvalue weighted by Crippen LogP contribution is -2.34. The number of benzene rings is 1. The van der Waals surface area contributed by atoms with E-state index >= 15 is 0 Å². The Balaban J connectivity index is 1.83. The number of nitrogens with zero attached hydrogens (tertiary/aromatic N) is 2. The average molecular weight is 371 g/mol. The maximum atomic E-state index is 12.6. The minimum atomic E-state index is -4.62. The minimum absolute atomic E-state index is 0.200. The smallest absolute Gasteiger partial charge is 0.385 e. The molecule has 1 atom stereocenters. The second-order valence-corrected chi connectivity index (χ2v) is 5.78. The highest BCUT2D eigenvalue weighted by Crippen LogP contribution is 2.33. The minimum Gasteiger partial charge on any atom is -0.385 e. The van der Waals surface area contributed by atoms with Gasteiger partial charge in [0.2, 0.25) is 0 Å². The van der Waals surface area contributed by atoms with Crippen molar-refractivity contribution >= 4 is 23.4 Å². The lowest BCUT2D eigenvalue weighted by Gasteiger charge is -2.19. The summed E-state index contributed by atoms with van der Waals surface area (Å²) in [5.41, 5.74) is -0.905. The van der Waals surface area contributed by atoms with Gasteiger partial charge in [0.15, 0.2) is 0 Å². The predicted molar refractivity (Wildman–Crippen MR) is 81.0 cm³/mol. The van der Waals surface area contributed by atoms with Gasteiger partial charge in [-0.05, 0) is 18.2 Å². The van der Waals surface area contributed by atoms with E-state index in [9.17, 15) is 27.9 Å². The van der Waals surface area contributed by atoms with Gasteiger partial charge in [-0.1, -0.05) is 23.7 Å². The summed E-state index contributed by atoms with van der Waals surface area (Å²) in [5.74, 6) is -1.19. The summed E-state index contributed by atoms with van der Waals surface area (Å²) < 4.78 is 37.9. The Morgan fingerprint density at radius 3 is 2.20 bits per heavy atom. The molecule has 0 bridgehead atoms. The van der Waals surface area contributed by atoms with Crippen LogP contribution in [0.2, 0.25) is 5.02 Å². The van der Waals surface area contributed by atoms with Gasteiger partial charge in [-0.2, -0.15) is 13.2 Å². The molecule has 9 heteroatoms. The van der Waals surface area contributed by atoms with Gasteiger partial charge in [-0.3, -0.25) is 19.5 Å². The highest BCUT2D eigenvalue weighted by atomic mass is 35.5. The zero-order chi connectivity index (χ0) is 18.4. The summed E-state index contributed by atoms with van der Waals surface area (Å²) >= 11 is 5.77. The van der Waals surface area contributed by atoms with E-state index in [0.29, 0.717) is 12.3 Å². The van der Waals surface area contributed by atoms with Gasteiger partial charge in [-0.15, -0.1) is 0 Å². The Bertz CT molecular complexity index is 835. The van der Waals surface area contributed by atoms with Crippen LogP contribution in [0.15, 0.2) is 36.5 Å². The Kier molecular flexibility index (Phi) is 4.26. The van der Waals surface area contributed by atoms with Gasteiger partial charge >= 0.3 is 6.18 Å². The monoisotopic (exact) mass is 370 g/mol. The Hall–Kier alpha value is -2.45. The van der Waals surface area contributed by atoms with E-state index in [-0.39, 0.29) is 16.8 Å². The lowest BCUT2D eigenvalue weighted by molar-refractivity contribution is -0.137. The predicted octanol–water partition coefficient (Wildman–Crippen LogP) is 3.08. The number of hydrogen-bond donors (Lipinski definition) is 1. The number of aliphatic hydroxyl groups excluding tert-OH is 1. The fraction of sp³-hybridized carbons (Fsp3) is 0.188. The van der Waals surface area contributed by atoms with E-state index in [1.807, 2.05) is 0 Å². The number of halogens is 4. The van der Waals surface area contributed by atoms with Crippen molar-refractivity contribution in [3.63, 3.8) is 0 Å². The van der Waals surface area contributed by atoms with Crippen LogP contribution in [0.4, 0.5) is 13.2 Å². The van der Waals surface area contributed by atoms with Gasteiger partial charge in [0.25, 0.3) is 11.8 Å². The van der Waals surface area contributed by atoms with Gasteiger partial charge in [0.1, 0.15) is 6.10 Å². The van der Waals surface area contributed by atoms with Crippen LogP contribution in [-0.4, -0.2) is 33.3 Å². The van der Waals surface area contributed by atoms with E-state index in [2.05, 4.69) is 4.98 Å². The van der Waals surface area contributed by atoms with Crippen LogP contribution in [0.25, 0.3) is 0 Å². The van der Waals surface area contributed by atoms with Crippen molar-refractivity contribution in [2.45, 2.75) is 12.3 Å².